The van der Waals surface area contributed by atoms with Crippen LogP contribution in [0.5, 0.6) is 0 Å². The summed E-state index contributed by atoms with van der Waals surface area (Å²) in [5, 5.41) is 2.93. The third-order valence-electron chi connectivity index (χ3n) is 2.47. The molecule has 1 N–H and O–H groups in total. The predicted octanol–water partition coefficient (Wildman–Crippen LogP) is 2.72. The van der Waals surface area contributed by atoms with E-state index in [-0.39, 0.29) is 5.78 Å². The lowest BCUT2D eigenvalue weighted by Crippen LogP contribution is -1.99. The van der Waals surface area contributed by atoms with Crippen molar-refractivity contribution in [2.24, 2.45) is 0 Å². The van der Waals surface area contributed by atoms with Gasteiger partial charge in [0.15, 0.2) is 0 Å². The summed E-state index contributed by atoms with van der Waals surface area (Å²) < 4.78 is 0. The highest BCUT2D eigenvalue weighted by atomic mass is 32.2. The average Bonchev–Trinajstić information content (AvgIpc) is 2.75. The smallest absolute Gasteiger partial charge is 0.226 e. The highest BCUT2D eigenvalue weighted by Gasteiger charge is 2.25. The molecule has 88 valence electrons. The summed E-state index contributed by atoms with van der Waals surface area (Å²) in [4.78, 5) is 21.7. The zero-order valence-electron chi connectivity index (χ0n) is 9.33. The monoisotopic (exact) mass is 255 g/mol. The number of nitrogens with one attached hydrogen (secondary N) is 1. The molecule has 1 aromatic carbocycles. The predicted molar refractivity (Wildman–Crippen MR) is 70.4 cm³/mol. The summed E-state index contributed by atoms with van der Waals surface area (Å²) in [7, 11) is 0. The number of fused-ring (bicyclic) bond motifs is 1. The lowest BCUT2D eigenvalue weighted by Gasteiger charge is -1.98. The summed E-state index contributed by atoms with van der Waals surface area (Å²) >= 11 is 1.46. The van der Waals surface area contributed by atoms with Gasteiger partial charge in [-0.1, -0.05) is 23.9 Å². The number of aromatic nitrogens is 2. The van der Waals surface area contributed by atoms with Crippen molar-refractivity contribution < 1.29 is 4.79 Å². The van der Waals surface area contributed by atoms with Crippen molar-refractivity contribution >= 4 is 23.5 Å². The summed E-state index contributed by atoms with van der Waals surface area (Å²) in [6.45, 7) is 0. The molecular formula is C13H9N3OS. The Balaban J connectivity index is 1.82. The Bertz CT molecular complexity index is 625. The van der Waals surface area contributed by atoms with Crippen LogP contribution in [0.4, 0.5) is 5.95 Å². The number of nitrogens with zero attached hydrogens (tertiary/aromatic N) is 2. The van der Waals surface area contributed by atoms with E-state index in [1.54, 1.807) is 24.7 Å². The first kappa shape index (κ1) is 11.0. The second kappa shape index (κ2) is 4.62. The van der Waals surface area contributed by atoms with Gasteiger partial charge in [0.25, 0.3) is 0 Å². The van der Waals surface area contributed by atoms with Crippen LogP contribution in [0.3, 0.4) is 0 Å². The van der Waals surface area contributed by atoms with Crippen LogP contribution in [-0.4, -0.2) is 15.8 Å². The van der Waals surface area contributed by atoms with Crippen LogP contribution in [0, 0.1) is 0 Å². The molecule has 1 aliphatic heterocycles. The standard InChI is InChI=1S/C13H9N3OS/c17-12-9-4-1-2-5-10(9)18-11(12)8-16-13-14-6-3-7-15-13/h1-8H,(H,14,15,16). The topological polar surface area (TPSA) is 54.9 Å². The summed E-state index contributed by atoms with van der Waals surface area (Å²) in [5.41, 5.74) is 0.754. The third kappa shape index (κ3) is 2.00. The van der Waals surface area contributed by atoms with Gasteiger partial charge in [0, 0.05) is 29.1 Å². The lowest BCUT2D eigenvalue weighted by molar-refractivity contribution is 0.104. The van der Waals surface area contributed by atoms with Crippen molar-refractivity contribution in [2.75, 3.05) is 5.32 Å². The zero-order valence-corrected chi connectivity index (χ0v) is 10.1. The SMILES string of the molecule is O=C1C(=CNc2ncccn2)Sc2ccccc21. The first-order valence-electron chi connectivity index (χ1n) is 5.40. The second-order valence-electron chi connectivity index (χ2n) is 3.65. The molecular weight excluding hydrogens is 246 g/mol. The van der Waals surface area contributed by atoms with Crippen molar-refractivity contribution in [1.82, 2.24) is 9.97 Å². The molecule has 0 fully saturated rings. The maximum atomic E-state index is 12.0. The van der Waals surface area contributed by atoms with E-state index in [1.165, 1.54) is 11.8 Å². The van der Waals surface area contributed by atoms with Gasteiger partial charge in [-0.15, -0.1) is 0 Å². The Morgan fingerprint density at radius 1 is 1.11 bits per heavy atom. The Morgan fingerprint density at radius 2 is 1.89 bits per heavy atom. The van der Waals surface area contributed by atoms with Crippen molar-refractivity contribution in [3.05, 3.63) is 59.4 Å². The fourth-order valence-corrected chi connectivity index (χ4v) is 2.61. The van der Waals surface area contributed by atoms with E-state index in [0.29, 0.717) is 10.9 Å². The molecule has 1 aliphatic rings. The Hall–Kier alpha value is -2.14. The fourth-order valence-electron chi connectivity index (χ4n) is 1.64. The largest absolute Gasteiger partial charge is 0.330 e. The van der Waals surface area contributed by atoms with Crippen molar-refractivity contribution in [2.45, 2.75) is 4.90 Å². The van der Waals surface area contributed by atoms with E-state index < -0.39 is 0 Å². The highest BCUT2D eigenvalue weighted by molar-refractivity contribution is 8.04. The maximum absolute atomic E-state index is 12.0. The molecule has 0 spiro atoms. The van der Waals surface area contributed by atoms with Crippen molar-refractivity contribution in [1.29, 1.82) is 0 Å². The quantitative estimate of drug-likeness (QED) is 0.836. The van der Waals surface area contributed by atoms with Gasteiger partial charge in [-0.25, -0.2) is 9.97 Å². The number of Topliss-reactive ketones (excluding diaryl/α,β-unsaturated/α-hetero) is 1. The summed E-state index contributed by atoms with van der Waals surface area (Å²) in [6, 6.07) is 9.32. The van der Waals surface area contributed by atoms with E-state index in [9.17, 15) is 4.79 Å². The zero-order chi connectivity index (χ0) is 12.4. The van der Waals surface area contributed by atoms with Crippen LogP contribution in [-0.2, 0) is 0 Å². The Kier molecular flexibility index (Phi) is 2.82. The number of allylic oxidation sites excluding steroid dienone is 1. The van der Waals surface area contributed by atoms with Gasteiger partial charge in [-0.2, -0.15) is 0 Å². The average molecular weight is 255 g/mol. The maximum Gasteiger partial charge on any atom is 0.226 e. The number of ketones is 1. The molecule has 5 heteroatoms. The number of hydrogen-bond acceptors (Lipinski definition) is 5. The molecule has 0 saturated heterocycles. The van der Waals surface area contributed by atoms with E-state index in [2.05, 4.69) is 15.3 Å². The number of carbonyl (C=O) groups excluding carboxylic acids is 1. The molecule has 0 aliphatic carbocycles. The molecule has 0 radical (unpaired) electrons. The summed E-state index contributed by atoms with van der Waals surface area (Å²) in [6.07, 6.45) is 4.95. The van der Waals surface area contributed by atoms with Crippen LogP contribution in [0.25, 0.3) is 0 Å². The molecule has 0 unspecified atom stereocenters. The molecule has 3 rings (SSSR count). The number of anilines is 1. The molecule has 2 aromatic rings. The van der Waals surface area contributed by atoms with Crippen molar-refractivity contribution in [3.63, 3.8) is 0 Å². The first-order valence-corrected chi connectivity index (χ1v) is 6.21. The molecule has 18 heavy (non-hydrogen) atoms. The van der Waals surface area contributed by atoms with Gasteiger partial charge < -0.3 is 5.32 Å². The minimum atomic E-state index is 0.0408. The normalized spacial score (nSPS) is 15.8. The molecule has 0 bridgehead atoms. The van der Waals surface area contributed by atoms with Crippen LogP contribution >= 0.6 is 11.8 Å². The Morgan fingerprint density at radius 3 is 2.67 bits per heavy atom. The summed E-state index contributed by atoms with van der Waals surface area (Å²) in [5.74, 6) is 0.522. The van der Waals surface area contributed by atoms with Gasteiger partial charge in [-0.05, 0) is 18.2 Å². The van der Waals surface area contributed by atoms with E-state index in [0.717, 1.165) is 10.5 Å². The number of benzene rings is 1. The van der Waals surface area contributed by atoms with Crippen LogP contribution in [0.1, 0.15) is 10.4 Å². The van der Waals surface area contributed by atoms with Gasteiger partial charge in [0.2, 0.25) is 11.7 Å². The molecule has 0 atom stereocenters. The molecule has 2 heterocycles. The van der Waals surface area contributed by atoms with E-state index >= 15 is 0 Å². The number of thioether (sulfide) groups is 1. The molecule has 1 aromatic heterocycles. The van der Waals surface area contributed by atoms with Crippen LogP contribution in [0.15, 0.2) is 58.7 Å². The third-order valence-corrected chi connectivity index (χ3v) is 3.57. The fraction of sp³-hybridized carbons (Fsp3) is 0. The van der Waals surface area contributed by atoms with Crippen LogP contribution < -0.4 is 5.32 Å². The van der Waals surface area contributed by atoms with Gasteiger partial charge >= 0.3 is 0 Å². The number of carbonyl (C=O) groups is 1. The molecule has 0 saturated carbocycles. The van der Waals surface area contributed by atoms with E-state index in [4.69, 9.17) is 0 Å². The lowest BCUT2D eigenvalue weighted by atomic mass is 10.1. The molecule has 4 nitrogen and oxygen atoms in total. The van der Waals surface area contributed by atoms with E-state index in [1.807, 2.05) is 24.3 Å². The minimum Gasteiger partial charge on any atom is -0.330 e. The number of rotatable bonds is 2. The van der Waals surface area contributed by atoms with Crippen molar-refractivity contribution in [3.8, 4) is 0 Å². The molecule has 0 amide bonds. The number of hydrogen-bond donors (Lipinski definition) is 1. The van der Waals surface area contributed by atoms with Gasteiger partial charge in [0.05, 0.1) is 4.91 Å². The minimum absolute atomic E-state index is 0.0408. The Labute approximate surface area is 108 Å². The van der Waals surface area contributed by atoms with Crippen LogP contribution in [0.2, 0.25) is 0 Å². The van der Waals surface area contributed by atoms with Gasteiger partial charge in [0.1, 0.15) is 0 Å². The highest BCUT2D eigenvalue weighted by Crippen LogP contribution is 2.39. The van der Waals surface area contributed by atoms with Gasteiger partial charge in [-0.3, -0.25) is 4.79 Å². The first-order chi connectivity index (χ1) is 8.84. The second-order valence-corrected chi connectivity index (χ2v) is 4.74.